The molecule has 0 aliphatic carbocycles. The Hall–Kier alpha value is -3.66. The number of aromatic nitrogens is 3. The lowest BCUT2D eigenvalue weighted by atomic mass is 10.0. The van der Waals surface area contributed by atoms with Crippen molar-refractivity contribution in [2.24, 2.45) is 0 Å². The van der Waals surface area contributed by atoms with E-state index in [-0.39, 0.29) is 5.91 Å². The maximum atomic E-state index is 11.6. The number of hydrogen-bond donors (Lipinski definition) is 1. The number of amides is 1. The van der Waals surface area contributed by atoms with Gasteiger partial charge in [-0.3, -0.25) is 14.5 Å². The number of rotatable bonds is 5. The number of nitrogens with one attached hydrogen (secondary N) is 1. The number of aryl methyl sites for hydroxylation is 1. The molecule has 142 valence electrons. The first kappa shape index (κ1) is 19.1. The van der Waals surface area contributed by atoms with Crippen molar-refractivity contribution >= 4 is 5.91 Å². The van der Waals surface area contributed by atoms with Gasteiger partial charge in [0.25, 0.3) is 5.91 Å². The summed E-state index contributed by atoms with van der Waals surface area (Å²) in [6.07, 6.45) is 1.69. The molecule has 28 heavy (non-hydrogen) atoms. The van der Waals surface area contributed by atoms with E-state index >= 15 is 0 Å². The van der Waals surface area contributed by atoms with Crippen LogP contribution in [0, 0.1) is 25.2 Å². The molecule has 0 saturated heterocycles. The van der Waals surface area contributed by atoms with Crippen LogP contribution in [0.15, 0.2) is 36.5 Å². The summed E-state index contributed by atoms with van der Waals surface area (Å²) in [5.74, 6) is 0.329. The Morgan fingerprint density at radius 1 is 1.29 bits per heavy atom. The predicted octanol–water partition coefficient (Wildman–Crippen LogP) is 2.85. The summed E-state index contributed by atoms with van der Waals surface area (Å²) in [4.78, 5) is 15.8. The van der Waals surface area contributed by atoms with Crippen molar-refractivity contribution in [1.82, 2.24) is 20.1 Å². The summed E-state index contributed by atoms with van der Waals surface area (Å²) in [6, 6.07) is 11.2. The molecule has 0 aliphatic heterocycles. The van der Waals surface area contributed by atoms with Crippen molar-refractivity contribution < 1.29 is 9.53 Å². The normalized spacial score (nSPS) is 10.4. The van der Waals surface area contributed by atoms with Crippen molar-refractivity contribution in [2.75, 3.05) is 14.2 Å². The van der Waals surface area contributed by atoms with Gasteiger partial charge >= 0.3 is 0 Å². The molecule has 0 atom stereocenters. The highest BCUT2D eigenvalue weighted by atomic mass is 16.5. The largest absolute Gasteiger partial charge is 0.495 e. The first-order chi connectivity index (χ1) is 13.5. The van der Waals surface area contributed by atoms with Crippen molar-refractivity contribution in [3.63, 3.8) is 0 Å². The first-order valence-corrected chi connectivity index (χ1v) is 8.78. The van der Waals surface area contributed by atoms with Crippen LogP contribution in [0.25, 0.3) is 11.1 Å². The quantitative estimate of drug-likeness (QED) is 0.740. The van der Waals surface area contributed by atoms with Gasteiger partial charge in [0, 0.05) is 24.5 Å². The van der Waals surface area contributed by atoms with E-state index in [1.54, 1.807) is 32.5 Å². The van der Waals surface area contributed by atoms with E-state index in [0.717, 1.165) is 28.1 Å². The van der Waals surface area contributed by atoms with Gasteiger partial charge in [0.05, 0.1) is 24.9 Å². The Bertz CT molecular complexity index is 1060. The molecule has 3 rings (SSSR count). The number of methoxy groups -OCH3 is 1. The zero-order chi connectivity index (χ0) is 20.3. The van der Waals surface area contributed by atoms with Gasteiger partial charge in [-0.25, -0.2) is 0 Å². The predicted molar refractivity (Wildman–Crippen MR) is 105 cm³/mol. The van der Waals surface area contributed by atoms with Crippen molar-refractivity contribution in [1.29, 1.82) is 5.26 Å². The molecule has 7 heteroatoms. The molecule has 2 heterocycles. The molecule has 0 aliphatic rings. The SMILES string of the molecule is CNC(=O)c1ccc(Cn2nc(C)c(-c3ccc(C#N)c(OC)c3)c2C)cn1. The Kier molecular flexibility index (Phi) is 5.41. The number of ether oxygens (including phenoxy) is 1. The van der Waals surface area contributed by atoms with Crippen LogP contribution in [-0.4, -0.2) is 34.8 Å². The maximum Gasteiger partial charge on any atom is 0.269 e. The summed E-state index contributed by atoms with van der Waals surface area (Å²) in [5, 5.41) is 16.4. The van der Waals surface area contributed by atoms with Crippen LogP contribution in [0.2, 0.25) is 0 Å². The zero-order valence-corrected chi connectivity index (χ0v) is 16.3. The smallest absolute Gasteiger partial charge is 0.269 e. The molecule has 0 fully saturated rings. The molecular formula is C21H21N5O2. The van der Waals surface area contributed by atoms with Gasteiger partial charge in [-0.2, -0.15) is 10.4 Å². The fourth-order valence-corrected chi connectivity index (χ4v) is 3.16. The molecule has 2 aromatic heterocycles. The van der Waals surface area contributed by atoms with E-state index in [4.69, 9.17) is 4.74 Å². The Balaban J connectivity index is 1.92. The average molecular weight is 375 g/mol. The molecular weight excluding hydrogens is 354 g/mol. The molecule has 0 bridgehead atoms. The van der Waals surface area contributed by atoms with Crippen LogP contribution in [0.1, 0.15) is 33.0 Å². The van der Waals surface area contributed by atoms with Crippen LogP contribution in [0.3, 0.4) is 0 Å². The first-order valence-electron chi connectivity index (χ1n) is 8.78. The molecule has 3 aromatic rings. The van der Waals surface area contributed by atoms with Crippen molar-refractivity contribution in [3.05, 3.63) is 64.7 Å². The molecule has 1 aromatic carbocycles. The van der Waals surface area contributed by atoms with Crippen LogP contribution in [-0.2, 0) is 6.54 Å². The standard InChI is InChI=1S/C21H21N5O2/c1-13-20(16-6-7-17(10-22)19(9-16)28-4)14(2)26(25-13)12-15-5-8-18(24-11-15)21(27)23-3/h5-9,11H,12H2,1-4H3,(H,23,27). The number of benzene rings is 1. The fraction of sp³-hybridized carbons (Fsp3) is 0.238. The highest BCUT2D eigenvalue weighted by molar-refractivity contribution is 5.91. The number of carbonyl (C=O) groups excluding carboxylic acids is 1. The highest BCUT2D eigenvalue weighted by Crippen LogP contribution is 2.31. The minimum Gasteiger partial charge on any atom is -0.495 e. The van der Waals surface area contributed by atoms with E-state index in [1.807, 2.05) is 36.7 Å². The van der Waals surface area contributed by atoms with Crippen LogP contribution < -0.4 is 10.1 Å². The van der Waals surface area contributed by atoms with Crippen molar-refractivity contribution in [2.45, 2.75) is 20.4 Å². The summed E-state index contributed by atoms with van der Waals surface area (Å²) < 4.78 is 7.24. The Morgan fingerprint density at radius 2 is 2.07 bits per heavy atom. The lowest BCUT2D eigenvalue weighted by Gasteiger charge is -2.08. The molecule has 0 radical (unpaired) electrons. The number of nitriles is 1. The third-order valence-electron chi connectivity index (χ3n) is 4.61. The second-order valence-electron chi connectivity index (χ2n) is 6.36. The third-order valence-corrected chi connectivity index (χ3v) is 4.61. The Morgan fingerprint density at radius 3 is 2.68 bits per heavy atom. The molecule has 0 saturated carbocycles. The van der Waals surface area contributed by atoms with E-state index in [2.05, 4.69) is 21.5 Å². The lowest BCUT2D eigenvalue weighted by Crippen LogP contribution is -2.19. The lowest BCUT2D eigenvalue weighted by molar-refractivity contribution is 0.0958. The summed E-state index contributed by atoms with van der Waals surface area (Å²) in [6.45, 7) is 4.50. The van der Waals surface area contributed by atoms with Gasteiger partial charge in [0.15, 0.2) is 0 Å². The highest BCUT2D eigenvalue weighted by Gasteiger charge is 2.16. The fourth-order valence-electron chi connectivity index (χ4n) is 3.16. The molecule has 1 N–H and O–H groups in total. The average Bonchev–Trinajstić information content (AvgIpc) is 3.00. The van der Waals surface area contributed by atoms with E-state index < -0.39 is 0 Å². The minimum absolute atomic E-state index is 0.213. The van der Waals surface area contributed by atoms with E-state index in [1.165, 1.54) is 0 Å². The molecule has 0 spiro atoms. The summed E-state index contributed by atoms with van der Waals surface area (Å²) in [7, 11) is 3.13. The number of nitrogens with zero attached hydrogens (tertiary/aromatic N) is 4. The second-order valence-corrected chi connectivity index (χ2v) is 6.36. The minimum atomic E-state index is -0.213. The third kappa shape index (κ3) is 3.58. The second kappa shape index (κ2) is 7.92. The summed E-state index contributed by atoms with van der Waals surface area (Å²) >= 11 is 0. The number of carbonyl (C=O) groups is 1. The topological polar surface area (TPSA) is 92.8 Å². The van der Waals surface area contributed by atoms with Crippen LogP contribution in [0.4, 0.5) is 0 Å². The molecule has 0 unspecified atom stereocenters. The van der Waals surface area contributed by atoms with Crippen molar-refractivity contribution in [3.8, 4) is 22.9 Å². The van der Waals surface area contributed by atoms with Crippen LogP contribution in [0.5, 0.6) is 5.75 Å². The van der Waals surface area contributed by atoms with Gasteiger partial charge in [-0.15, -0.1) is 0 Å². The number of pyridine rings is 1. The van der Waals surface area contributed by atoms with Gasteiger partial charge in [-0.05, 0) is 43.2 Å². The van der Waals surface area contributed by atoms with Gasteiger partial charge < -0.3 is 10.1 Å². The summed E-state index contributed by atoms with van der Waals surface area (Å²) in [5.41, 5.74) is 5.67. The Labute approximate surface area is 163 Å². The van der Waals surface area contributed by atoms with E-state index in [0.29, 0.717) is 23.6 Å². The zero-order valence-electron chi connectivity index (χ0n) is 16.3. The van der Waals surface area contributed by atoms with Crippen LogP contribution >= 0.6 is 0 Å². The van der Waals surface area contributed by atoms with Gasteiger partial charge in [0.2, 0.25) is 0 Å². The monoisotopic (exact) mass is 375 g/mol. The molecule has 1 amide bonds. The van der Waals surface area contributed by atoms with Gasteiger partial charge in [-0.1, -0.05) is 12.1 Å². The number of hydrogen-bond acceptors (Lipinski definition) is 5. The molecule has 7 nitrogen and oxygen atoms in total. The maximum absolute atomic E-state index is 11.6. The van der Waals surface area contributed by atoms with E-state index in [9.17, 15) is 10.1 Å². The van der Waals surface area contributed by atoms with Gasteiger partial charge in [0.1, 0.15) is 17.5 Å².